The van der Waals surface area contributed by atoms with Crippen LogP contribution in [0, 0.1) is 13.8 Å². The Morgan fingerprint density at radius 2 is 1.57 bits per heavy atom. The van der Waals surface area contributed by atoms with E-state index in [0.29, 0.717) is 0 Å². The van der Waals surface area contributed by atoms with Crippen LogP contribution < -0.4 is 10.2 Å². The first-order chi connectivity index (χ1) is 6.75. The average Bonchev–Trinajstić information content (AvgIpc) is 2.18. The number of rotatable bonds is 1. The monoisotopic (exact) mass is 191 g/mol. The minimum absolute atomic E-state index is 1.18. The van der Waals surface area contributed by atoms with Gasteiger partial charge in [0.15, 0.2) is 0 Å². The third kappa shape index (κ3) is 2.07. The second-order valence-electron chi connectivity index (χ2n) is 4.20. The maximum atomic E-state index is 2.49. The molecule has 1 heterocycles. The largest absolute Gasteiger partial charge is 0.360 e. The molecule has 0 unspecified atom stereocenters. The fraction of sp³-hybridized carbons (Fsp3) is 0.500. The lowest BCUT2D eigenvalue weighted by molar-refractivity contribution is -0.655. The van der Waals surface area contributed by atoms with Crippen LogP contribution in [0.3, 0.4) is 0 Å². The molecule has 2 heteroatoms. The van der Waals surface area contributed by atoms with Gasteiger partial charge in [-0.25, -0.2) is 0 Å². The normalized spacial score (nSPS) is 17.1. The van der Waals surface area contributed by atoms with Gasteiger partial charge in [-0.1, -0.05) is 6.07 Å². The van der Waals surface area contributed by atoms with Crippen molar-refractivity contribution in [1.29, 1.82) is 0 Å². The summed E-state index contributed by atoms with van der Waals surface area (Å²) < 4.78 is 0. The number of quaternary nitrogens is 1. The molecule has 14 heavy (non-hydrogen) atoms. The van der Waals surface area contributed by atoms with Crippen LogP contribution in [0.1, 0.15) is 11.1 Å². The third-order valence-corrected chi connectivity index (χ3v) is 2.78. The Morgan fingerprint density at radius 1 is 1.00 bits per heavy atom. The van der Waals surface area contributed by atoms with Gasteiger partial charge in [0.25, 0.3) is 0 Å². The van der Waals surface area contributed by atoms with Crippen LogP contribution in [0.25, 0.3) is 0 Å². The summed E-state index contributed by atoms with van der Waals surface area (Å²) in [6.45, 7) is 9.17. The summed E-state index contributed by atoms with van der Waals surface area (Å²) in [5.74, 6) is 0. The third-order valence-electron chi connectivity index (χ3n) is 2.78. The molecular formula is C12H19N2+. The van der Waals surface area contributed by atoms with Crippen molar-refractivity contribution in [3.8, 4) is 0 Å². The Labute approximate surface area is 85.9 Å². The molecule has 1 saturated heterocycles. The van der Waals surface area contributed by atoms with E-state index in [1.165, 1.54) is 43.0 Å². The molecule has 2 N–H and O–H groups in total. The van der Waals surface area contributed by atoms with Crippen LogP contribution in [0.4, 0.5) is 5.69 Å². The molecule has 76 valence electrons. The second kappa shape index (κ2) is 4.01. The zero-order valence-electron chi connectivity index (χ0n) is 9.09. The van der Waals surface area contributed by atoms with Gasteiger partial charge in [0, 0.05) is 5.69 Å². The Balaban J connectivity index is 2.21. The second-order valence-corrected chi connectivity index (χ2v) is 4.20. The quantitative estimate of drug-likeness (QED) is 0.692. The summed E-state index contributed by atoms with van der Waals surface area (Å²) in [5, 5.41) is 2.39. The molecular weight excluding hydrogens is 172 g/mol. The molecule has 0 aliphatic carbocycles. The Hall–Kier alpha value is -1.02. The van der Waals surface area contributed by atoms with Crippen LogP contribution >= 0.6 is 0 Å². The molecule has 0 aromatic heterocycles. The SMILES string of the molecule is Cc1cc(C)cc(N2CC[NH2+]CC2)c1. The summed E-state index contributed by atoms with van der Waals surface area (Å²) >= 11 is 0. The molecule has 2 rings (SSSR count). The summed E-state index contributed by atoms with van der Waals surface area (Å²) in [4.78, 5) is 2.49. The Bertz CT molecular complexity index is 294. The molecule has 0 saturated carbocycles. The van der Waals surface area contributed by atoms with E-state index < -0.39 is 0 Å². The standard InChI is InChI=1S/C12H18N2/c1-10-7-11(2)9-12(8-10)14-5-3-13-4-6-14/h7-9,13H,3-6H2,1-2H3/p+1. The van der Waals surface area contributed by atoms with E-state index in [2.05, 4.69) is 42.3 Å². The first-order valence-electron chi connectivity index (χ1n) is 5.40. The molecule has 1 fully saturated rings. The topological polar surface area (TPSA) is 19.9 Å². The summed E-state index contributed by atoms with van der Waals surface area (Å²) in [6.07, 6.45) is 0. The maximum absolute atomic E-state index is 2.49. The minimum atomic E-state index is 1.18. The molecule has 1 aliphatic rings. The molecule has 2 nitrogen and oxygen atoms in total. The van der Waals surface area contributed by atoms with E-state index in [-0.39, 0.29) is 0 Å². The van der Waals surface area contributed by atoms with Crippen LogP contribution in [0.15, 0.2) is 18.2 Å². The first-order valence-corrected chi connectivity index (χ1v) is 5.40. The number of piperazine rings is 1. The predicted molar refractivity (Wildman–Crippen MR) is 59.8 cm³/mol. The van der Waals surface area contributed by atoms with Gasteiger partial charge in [0.2, 0.25) is 0 Å². The van der Waals surface area contributed by atoms with Crippen LogP contribution in [-0.2, 0) is 0 Å². The summed E-state index contributed by atoms with van der Waals surface area (Å²) in [6, 6.07) is 6.82. The van der Waals surface area contributed by atoms with Gasteiger partial charge in [-0.3, -0.25) is 0 Å². The first kappa shape index (κ1) is 9.53. The van der Waals surface area contributed by atoms with Crippen molar-refractivity contribution >= 4 is 5.69 Å². The number of aryl methyl sites for hydroxylation is 2. The van der Waals surface area contributed by atoms with Crippen LogP contribution in [0.5, 0.6) is 0 Å². The fourth-order valence-corrected chi connectivity index (χ4v) is 2.14. The molecule has 1 aromatic carbocycles. The van der Waals surface area contributed by atoms with Gasteiger partial charge in [0.05, 0.1) is 26.2 Å². The van der Waals surface area contributed by atoms with Crippen LogP contribution in [-0.4, -0.2) is 26.2 Å². The van der Waals surface area contributed by atoms with Crippen molar-refractivity contribution in [2.24, 2.45) is 0 Å². The maximum Gasteiger partial charge on any atom is 0.0934 e. The van der Waals surface area contributed by atoms with Gasteiger partial charge >= 0.3 is 0 Å². The molecule has 1 aliphatic heterocycles. The Morgan fingerprint density at radius 3 is 2.14 bits per heavy atom. The number of hydrogen-bond acceptors (Lipinski definition) is 1. The fourth-order valence-electron chi connectivity index (χ4n) is 2.14. The zero-order chi connectivity index (χ0) is 9.97. The van der Waals surface area contributed by atoms with E-state index in [1.54, 1.807) is 0 Å². The van der Waals surface area contributed by atoms with E-state index in [9.17, 15) is 0 Å². The zero-order valence-corrected chi connectivity index (χ0v) is 9.09. The van der Waals surface area contributed by atoms with Gasteiger partial charge in [-0.05, 0) is 37.1 Å². The number of nitrogens with zero attached hydrogens (tertiary/aromatic N) is 1. The minimum Gasteiger partial charge on any atom is -0.360 e. The lowest BCUT2D eigenvalue weighted by atomic mass is 10.1. The Kier molecular flexibility index (Phi) is 2.73. The summed E-state index contributed by atoms with van der Waals surface area (Å²) in [5.41, 5.74) is 4.14. The van der Waals surface area contributed by atoms with E-state index in [1.807, 2.05) is 0 Å². The van der Waals surface area contributed by atoms with Gasteiger partial charge in [0.1, 0.15) is 0 Å². The smallest absolute Gasteiger partial charge is 0.0934 e. The molecule has 0 atom stereocenters. The number of nitrogens with two attached hydrogens (primary N) is 1. The number of benzene rings is 1. The van der Waals surface area contributed by atoms with Crippen molar-refractivity contribution in [1.82, 2.24) is 0 Å². The molecule has 0 amide bonds. The summed E-state index contributed by atoms with van der Waals surface area (Å²) in [7, 11) is 0. The van der Waals surface area contributed by atoms with Gasteiger partial charge in [-0.15, -0.1) is 0 Å². The van der Waals surface area contributed by atoms with Crippen molar-refractivity contribution in [2.75, 3.05) is 31.1 Å². The van der Waals surface area contributed by atoms with Gasteiger partial charge in [-0.2, -0.15) is 0 Å². The van der Waals surface area contributed by atoms with E-state index >= 15 is 0 Å². The van der Waals surface area contributed by atoms with Crippen molar-refractivity contribution in [2.45, 2.75) is 13.8 Å². The van der Waals surface area contributed by atoms with Crippen molar-refractivity contribution in [3.05, 3.63) is 29.3 Å². The van der Waals surface area contributed by atoms with E-state index in [4.69, 9.17) is 0 Å². The highest BCUT2D eigenvalue weighted by Crippen LogP contribution is 2.18. The number of anilines is 1. The van der Waals surface area contributed by atoms with Crippen molar-refractivity contribution < 1.29 is 5.32 Å². The lowest BCUT2D eigenvalue weighted by Gasteiger charge is -2.27. The molecule has 1 aromatic rings. The molecule has 0 spiro atoms. The predicted octanol–water partition coefficient (Wildman–Crippen LogP) is 0.687. The van der Waals surface area contributed by atoms with Gasteiger partial charge < -0.3 is 10.2 Å². The molecule has 0 radical (unpaired) electrons. The van der Waals surface area contributed by atoms with E-state index in [0.717, 1.165) is 0 Å². The van der Waals surface area contributed by atoms with Crippen LogP contribution in [0.2, 0.25) is 0 Å². The highest BCUT2D eigenvalue weighted by Gasteiger charge is 2.12. The van der Waals surface area contributed by atoms with Crippen molar-refractivity contribution in [3.63, 3.8) is 0 Å². The highest BCUT2D eigenvalue weighted by atomic mass is 15.2. The lowest BCUT2D eigenvalue weighted by Crippen LogP contribution is -2.89. The highest BCUT2D eigenvalue weighted by molar-refractivity contribution is 5.51. The molecule has 0 bridgehead atoms. The number of hydrogen-bond donors (Lipinski definition) is 1. The average molecular weight is 191 g/mol.